The highest BCUT2D eigenvalue weighted by atomic mass is 127. The van der Waals surface area contributed by atoms with Crippen LogP contribution in [0, 0.1) is 5.92 Å². The topological polar surface area (TPSA) is 76.4 Å². The lowest BCUT2D eigenvalue weighted by atomic mass is 10.2. The molecule has 1 aliphatic heterocycles. The van der Waals surface area contributed by atoms with Crippen LogP contribution in [0.1, 0.15) is 49.8 Å². The SMILES string of the molecule is CN=C(NCCCc1nnc2n1CCCCC2)NCC(C)COCc1ccccc1.I. The molecule has 172 valence electrons. The summed E-state index contributed by atoms with van der Waals surface area (Å²) in [6.45, 7) is 6.31. The van der Waals surface area contributed by atoms with E-state index in [0.29, 0.717) is 12.5 Å². The molecule has 0 amide bonds. The van der Waals surface area contributed by atoms with Crippen LogP contribution in [0.4, 0.5) is 0 Å². The number of ether oxygens (including phenoxy) is 1. The lowest BCUT2D eigenvalue weighted by Gasteiger charge is -2.16. The molecular formula is C23H37IN6O. The Morgan fingerprint density at radius 1 is 1.16 bits per heavy atom. The van der Waals surface area contributed by atoms with Crippen LogP contribution in [0.25, 0.3) is 0 Å². The standard InChI is InChI=1S/C23H36N6O.HI/c1-19(17-30-18-20-10-5-3-6-11-20)16-26-23(24-2)25-14-9-13-22-28-27-21-12-7-4-8-15-29(21)22;/h3,5-6,10-11,19H,4,7-9,12-18H2,1-2H3,(H2,24,25,26);1H. The zero-order valence-corrected chi connectivity index (χ0v) is 21.2. The maximum atomic E-state index is 5.83. The van der Waals surface area contributed by atoms with Gasteiger partial charge < -0.3 is 19.9 Å². The zero-order valence-electron chi connectivity index (χ0n) is 18.8. The average molecular weight is 540 g/mol. The number of guanidine groups is 1. The molecule has 0 bridgehead atoms. The van der Waals surface area contributed by atoms with E-state index in [-0.39, 0.29) is 24.0 Å². The minimum Gasteiger partial charge on any atom is -0.376 e. The predicted octanol–water partition coefficient (Wildman–Crippen LogP) is 3.57. The molecule has 8 heteroatoms. The predicted molar refractivity (Wildman–Crippen MR) is 136 cm³/mol. The summed E-state index contributed by atoms with van der Waals surface area (Å²) in [5.74, 6) is 3.53. The maximum absolute atomic E-state index is 5.83. The highest BCUT2D eigenvalue weighted by Crippen LogP contribution is 2.15. The van der Waals surface area contributed by atoms with Crippen molar-refractivity contribution in [3.8, 4) is 0 Å². The van der Waals surface area contributed by atoms with E-state index in [1.165, 1.54) is 24.8 Å². The number of benzene rings is 1. The molecule has 1 atom stereocenters. The first-order valence-corrected chi connectivity index (χ1v) is 11.2. The van der Waals surface area contributed by atoms with Crippen LogP contribution in [0.2, 0.25) is 0 Å². The average Bonchev–Trinajstić information content (AvgIpc) is 3.00. The number of hydrogen-bond acceptors (Lipinski definition) is 4. The minimum absolute atomic E-state index is 0. The lowest BCUT2D eigenvalue weighted by Crippen LogP contribution is -2.40. The van der Waals surface area contributed by atoms with Gasteiger partial charge in [-0.2, -0.15) is 0 Å². The van der Waals surface area contributed by atoms with Gasteiger partial charge in [0, 0.05) is 39.5 Å². The summed E-state index contributed by atoms with van der Waals surface area (Å²) in [5.41, 5.74) is 1.21. The van der Waals surface area contributed by atoms with Crippen LogP contribution in [-0.2, 0) is 30.7 Å². The number of nitrogens with one attached hydrogen (secondary N) is 2. The van der Waals surface area contributed by atoms with Gasteiger partial charge in [-0.3, -0.25) is 4.99 Å². The largest absolute Gasteiger partial charge is 0.376 e. The van der Waals surface area contributed by atoms with Gasteiger partial charge in [-0.15, -0.1) is 34.2 Å². The van der Waals surface area contributed by atoms with E-state index >= 15 is 0 Å². The summed E-state index contributed by atoms with van der Waals surface area (Å²) >= 11 is 0. The van der Waals surface area contributed by atoms with Crippen LogP contribution >= 0.6 is 24.0 Å². The second-order valence-corrected chi connectivity index (χ2v) is 8.08. The fourth-order valence-corrected chi connectivity index (χ4v) is 3.69. The fourth-order valence-electron chi connectivity index (χ4n) is 3.69. The molecular weight excluding hydrogens is 503 g/mol. The number of fused-ring (bicyclic) bond motifs is 1. The van der Waals surface area contributed by atoms with Gasteiger partial charge in [0.2, 0.25) is 0 Å². The summed E-state index contributed by atoms with van der Waals surface area (Å²) in [6, 6.07) is 10.3. The number of halogens is 1. The van der Waals surface area contributed by atoms with Crippen LogP contribution in [0.15, 0.2) is 35.3 Å². The monoisotopic (exact) mass is 540 g/mol. The van der Waals surface area contributed by atoms with E-state index in [4.69, 9.17) is 4.74 Å². The summed E-state index contributed by atoms with van der Waals surface area (Å²) in [4.78, 5) is 4.33. The third kappa shape index (κ3) is 8.76. The van der Waals surface area contributed by atoms with E-state index in [2.05, 4.69) is 49.4 Å². The van der Waals surface area contributed by atoms with Crippen molar-refractivity contribution in [2.24, 2.45) is 10.9 Å². The first kappa shape index (κ1) is 25.6. The number of aliphatic imine (C=N–C) groups is 1. The summed E-state index contributed by atoms with van der Waals surface area (Å²) < 4.78 is 8.16. The molecule has 31 heavy (non-hydrogen) atoms. The third-order valence-electron chi connectivity index (χ3n) is 5.41. The van der Waals surface area contributed by atoms with Gasteiger partial charge in [0.1, 0.15) is 11.6 Å². The third-order valence-corrected chi connectivity index (χ3v) is 5.41. The molecule has 1 aromatic carbocycles. The molecule has 0 aliphatic carbocycles. The van der Waals surface area contributed by atoms with Crippen LogP contribution in [-0.4, -0.2) is 47.5 Å². The summed E-state index contributed by atoms with van der Waals surface area (Å²) in [6.07, 6.45) is 6.78. The quantitative estimate of drug-likeness (QED) is 0.209. The fraction of sp³-hybridized carbons (Fsp3) is 0.609. The highest BCUT2D eigenvalue weighted by Gasteiger charge is 2.14. The van der Waals surface area contributed by atoms with Crippen LogP contribution in [0.5, 0.6) is 0 Å². The van der Waals surface area contributed by atoms with Gasteiger partial charge in [-0.05, 0) is 30.7 Å². The first-order chi connectivity index (χ1) is 14.8. The van der Waals surface area contributed by atoms with Crippen molar-refractivity contribution in [3.05, 3.63) is 47.5 Å². The van der Waals surface area contributed by atoms with E-state index in [0.717, 1.165) is 63.1 Å². The molecule has 0 spiro atoms. The Morgan fingerprint density at radius 3 is 2.81 bits per heavy atom. The molecule has 1 aromatic heterocycles. The second kappa shape index (κ2) is 14.4. The van der Waals surface area contributed by atoms with Crippen LogP contribution in [0.3, 0.4) is 0 Å². The minimum atomic E-state index is 0. The Labute approximate surface area is 203 Å². The molecule has 1 aliphatic rings. The van der Waals surface area contributed by atoms with Gasteiger partial charge in [0.15, 0.2) is 5.96 Å². The Kier molecular flexibility index (Phi) is 11.9. The Hall–Kier alpha value is -1.68. The molecule has 0 radical (unpaired) electrons. The molecule has 3 rings (SSSR count). The molecule has 0 fully saturated rings. The maximum Gasteiger partial charge on any atom is 0.190 e. The van der Waals surface area contributed by atoms with E-state index in [1.807, 2.05) is 25.2 Å². The second-order valence-electron chi connectivity index (χ2n) is 8.08. The van der Waals surface area contributed by atoms with Gasteiger partial charge in [0.25, 0.3) is 0 Å². The smallest absolute Gasteiger partial charge is 0.190 e. The van der Waals surface area contributed by atoms with E-state index in [1.54, 1.807) is 0 Å². The van der Waals surface area contributed by atoms with Gasteiger partial charge in [-0.25, -0.2) is 0 Å². The molecule has 2 aromatic rings. The van der Waals surface area contributed by atoms with Gasteiger partial charge in [0.05, 0.1) is 13.2 Å². The van der Waals surface area contributed by atoms with Crippen molar-refractivity contribution in [1.82, 2.24) is 25.4 Å². The lowest BCUT2D eigenvalue weighted by molar-refractivity contribution is 0.0931. The van der Waals surface area contributed by atoms with E-state index in [9.17, 15) is 0 Å². The first-order valence-electron chi connectivity index (χ1n) is 11.2. The molecule has 2 N–H and O–H groups in total. The summed E-state index contributed by atoms with van der Waals surface area (Å²) in [7, 11) is 1.81. The zero-order chi connectivity index (χ0) is 21.0. The highest BCUT2D eigenvalue weighted by molar-refractivity contribution is 14.0. The Bertz CT molecular complexity index is 780. The number of aromatic nitrogens is 3. The molecule has 1 unspecified atom stereocenters. The van der Waals surface area contributed by atoms with Crippen molar-refractivity contribution in [3.63, 3.8) is 0 Å². The molecule has 0 saturated heterocycles. The molecule has 7 nitrogen and oxygen atoms in total. The van der Waals surface area contributed by atoms with Crippen LogP contribution < -0.4 is 10.6 Å². The van der Waals surface area contributed by atoms with Crippen molar-refractivity contribution in [1.29, 1.82) is 0 Å². The number of nitrogens with zero attached hydrogens (tertiary/aromatic N) is 4. The van der Waals surface area contributed by atoms with Crippen molar-refractivity contribution in [2.45, 2.75) is 58.6 Å². The normalized spacial score (nSPS) is 14.8. The van der Waals surface area contributed by atoms with Gasteiger partial charge in [-0.1, -0.05) is 43.7 Å². The number of hydrogen-bond donors (Lipinski definition) is 2. The van der Waals surface area contributed by atoms with Crippen molar-refractivity contribution >= 4 is 29.9 Å². The number of rotatable bonds is 10. The van der Waals surface area contributed by atoms with Crippen molar-refractivity contribution in [2.75, 3.05) is 26.7 Å². The molecule has 2 heterocycles. The number of aryl methyl sites for hydroxylation is 2. The molecule has 0 saturated carbocycles. The van der Waals surface area contributed by atoms with E-state index < -0.39 is 0 Å². The van der Waals surface area contributed by atoms with Crippen molar-refractivity contribution < 1.29 is 4.74 Å². The summed E-state index contributed by atoms with van der Waals surface area (Å²) in [5, 5.41) is 15.6. The van der Waals surface area contributed by atoms with Gasteiger partial charge >= 0.3 is 0 Å². The Balaban J connectivity index is 0.00000341. The Morgan fingerprint density at radius 2 is 2.00 bits per heavy atom.